The number of benzene rings is 2. The third kappa shape index (κ3) is 4.57. The summed E-state index contributed by atoms with van der Waals surface area (Å²) in [6, 6.07) is 17.3. The Hall–Kier alpha value is -1.84. The quantitative estimate of drug-likeness (QED) is 0.819. The highest BCUT2D eigenvalue weighted by Gasteiger charge is 2.20. The van der Waals surface area contributed by atoms with Crippen LogP contribution in [0.4, 0.5) is 0 Å². The molecular formula is C19H22ClNO2. The van der Waals surface area contributed by atoms with E-state index in [1.165, 1.54) is 0 Å². The predicted octanol–water partition coefficient (Wildman–Crippen LogP) is 4.34. The van der Waals surface area contributed by atoms with Gasteiger partial charge in [0.25, 0.3) is 0 Å². The molecular weight excluding hydrogens is 310 g/mol. The second-order valence-electron chi connectivity index (χ2n) is 5.36. The molecule has 0 bridgehead atoms. The van der Waals surface area contributed by atoms with E-state index in [1.54, 1.807) is 7.11 Å². The highest BCUT2D eigenvalue weighted by molar-refractivity contribution is 6.31. The van der Waals surface area contributed by atoms with Gasteiger partial charge in [0.05, 0.1) is 5.92 Å². The third-order valence-electron chi connectivity index (χ3n) is 3.92. The van der Waals surface area contributed by atoms with Crippen molar-refractivity contribution >= 4 is 17.5 Å². The zero-order chi connectivity index (χ0) is 16.7. The summed E-state index contributed by atoms with van der Waals surface area (Å²) in [5, 5.41) is 3.63. The lowest BCUT2D eigenvalue weighted by Crippen LogP contribution is -2.33. The number of carbonyl (C=O) groups excluding carboxylic acids is 1. The lowest BCUT2D eigenvalue weighted by Gasteiger charge is -2.20. The lowest BCUT2D eigenvalue weighted by molar-refractivity contribution is -0.123. The first-order valence-electron chi connectivity index (χ1n) is 7.77. The summed E-state index contributed by atoms with van der Waals surface area (Å²) in [6.07, 6.45) is 0.487. The lowest BCUT2D eigenvalue weighted by atomic mass is 9.95. The van der Waals surface area contributed by atoms with Crippen molar-refractivity contribution in [2.75, 3.05) is 13.7 Å². The summed E-state index contributed by atoms with van der Waals surface area (Å²) in [6.45, 7) is 2.40. The van der Waals surface area contributed by atoms with Gasteiger partial charge in [0, 0.05) is 24.2 Å². The van der Waals surface area contributed by atoms with E-state index in [4.69, 9.17) is 16.3 Å². The van der Waals surface area contributed by atoms with Crippen LogP contribution in [-0.4, -0.2) is 19.6 Å². The molecule has 0 aliphatic carbocycles. The monoisotopic (exact) mass is 331 g/mol. The zero-order valence-electron chi connectivity index (χ0n) is 13.5. The van der Waals surface area contributed by atoms with Crippen LogP contribution in [0.15, 0.2) is 54.6 Å². The van der Waals surface area contributed by atoms with Crippen LogP contribution in [0.3, 0.4) is 0 Å². The van der Waals surface area contributed by atoms with Gasteiger partial charge >= 0.3 is 0 Å². The van der Waals surface area contributed by atoms with Gasteiger partial charge < -0.3 is 10.1 Å². The molecule has 2 atom stereocenters. The first kappa shape index (κ1) is 17.5. The van der Waals surface area contributed by atoms with Crippen molar-refractivity contribution in [3.05, 3.63) is 70.7 Å². The highest BCUT2D eigenvalue weighted by Crippen LogP contribution is 2.25. The van der Waals surface area contributed by atoms with Crippen LogP contribution in [0.5, 0.6) is 0 Å². The normalized spacial score (nSPS) is 13.3. The molecule has 122 valence electrons. The fraction of sp³-hybridized carbons (Fsp3) is 0.316. The summed E-state index contributed by atoms with van der Waals surface area (Å²) >= 11 is 6.21. The molecule has 1 amide bonds. The third-order valence-corrected chi connectivity index (χ3v) is 4.27. The number of rotatable bonds is 7. The van der Waals surface area contributed by atoms with Crippen molar-refractivity contribution in [3.8, 4) is 0 Å². The Bertz CT molecular complexity index is 630. The van der Waals surface area contributed by atoms with Crippen molar-refractivity contribution in [3.63, 3.8) is 0 Å². The number of amides is 1. The van der Waals surface area contributed by atoms with Gasteiger partial charge in [-0.05, 0) is 18.1 Å². The molecule has 0 spiro atoms. The van der Waals surface area contributed by atoms with E-state index in [-0.39, 0.29) is 17.9 Å². The molecule has 0 unspecified atom stereocenters. The van der Waals surface area contributed by atoms with Gasteiger partial charge in [0.1, 0.15) is 6.10 Å². The van der Waals surface area contributed by atoms with Crippen molar-refractivity contribution in [1.29, 1.82) is 0 Å². The number of carbonyl (C=O) groups is 1. The topological polar surface area (TPSA) is 38.3 Å². The molecule has 1 N–H and O–H groups in total. The van der Waals surface area contributed by atoms with E-state index in [2.05, 4.69) is 5.32 Å². The Balaban J connectivity index is 2.03. The summed E-state index contributed by atoms with van der Waals surface area (Å²) < 4.78 is 5.49. The Morgan fingerprint density at radius 3 is 2.39 bits per heavy atom. The Morgan fingerprint density at radius 2 is 1.78 bits per heavy atom. The maximum atomic E-state index is 12.5. The predicted molar refractivity (Wildman–Crippen MR) is 93.7 cm³/mol. The maximum Gasteiger partial charge on any atom is 0.227 e. The van der Waals surface area contributed by atoms with Gasteiger partial charge in [-0.1, -0.05) is 67.1 Å². The molecule has 23 heavy (non-hydrogen) atoms. The molecule has 2 aromatic carbocycles. The van der Waals surface area contributed by atoms with Gasteiger partial charge in [-0.3, -0.25) is 4.79 Å². The number of hydrogen-bond acceptors (Lipinski definition) is 2. The number of methoxy groups -OCH3 is 1. The average molecular weight is 332 g/mol. The second kappa shape index (κ2) is 8.70. The highest BCUT2D eigenvalue weighted by atomic mass is 35.5. The van der Waals surface area contributed by atoms with Crippen molar-refractivity contribution in [2.45, 2.75) is 25.4 Å². The fourth-order valence-electron chi connectivity index (χ4n) is 2.63. The zero-order valence-corrected chi connectivity index (χ0v) is 14.2. The van der Waals surface area contributed by atoms with E-state index in [0.29, 0.717) is 11.6 Å². The van der Waals surface area contributed by atoms with Gasteiger partial charge in [-0.25, -0.2) is 0 Å². The van der Waals surface area contributed by atoms with Crippen molar-refractivity contribution in [1.82, 2.24) is 5.32 Å². The minimum Gasteiger partial charge on any atom is -0.375 e. The van der Waals surface area contributed by atoms with Gasteiger partial charge in [0.2, 0.25) is 5.91 Å². The summed E-state index contributed by atoms with van der Waals surface area (Å²) in [5.41, 5.74) is 1.91. The van der Waals surface area contributed by atoms with Crippen LogP contribution in [0, 0.1) is 0 Å². The first-order valence-corrected chi connectivity index (χ1v) is 8.15. The largest absolute Gasteiger partial charge is 0.375 e. The first-order chi connectivity index (χ1) is 11.2. The Labute approximate surface area is 142 Å². The Kier molecular flexibility index (Phi) is 6.63. The number of halogens is 1. The summed E-state index contributed by atoms with van der Waals surface area (Å²) in [5.74, 6) is -0.146. The SMILES string of the molecule is CC[C@H](C(=O)NC[C@H](OC)c1ccccc1Cl)c1ccccc1. The fourth-order valence-corrected chi connectivity index (χ4v) is 2.89. The molecule has 0 aromatic heterocycles. The van der Waals surface area contributed by atoms with Crippen LogP contribution in [0.25, 0.3) is 0 Å². The standard InChI is InChI=1S/C19H22ClNO2/c1-3-15(14-9-5-4-6-10-14)19(22)21-13-18(23-2)16-11-7-8-12-17(16)20/h4-12,15,18H,3,13H2,1-2H3,(H,21,22)/t15-,18-/m0/s1. The van der Waals surface area contributed by atoms with Crippen LogP contribution in [0.2, 0.25) is 5.02 Å². The molecule has 2 aromatic rings. The molecule has 0 fully saturated rings. The van der Waals surface area contributed by atoms with Crippen molar-refractivity contribution in [2.24, 2.45) is 0 Å². The van der Waals surface area contributed by atoms with Crippen molar-refractivity contribution < 1.29 is 9.53 Å². The molecule has 0 aliphatic rings. The molecule has 4 heteroatoms. The molecule has 0 radical (unpaired) electrons. The van der Waals surface area contributed by atoms with Gasteiger partial charge in [-0.2, -0.15) is 0 Å². The molecule has 0 saturated heterocycles. The minimum absolute atomic E-state index is 0.00723. The van der Waals surface area contributed by atoms with Crippen LogP contribution < -0.4 is 5.32 Å². The molecule has 0 saturated carbocycles. The van der Waals surface area contributed by atoms with Crippen LogP contribution >= 0.6 is 11.6 Å². The number of nitrogens with one attached hydrogen (secondary N) is 1. The van der Waals surface area contributed by atoms with Gasteiger partial charge in [-0.15, -0.1) is 0 Å². The average Bonchev–Trinajstić information content (AvgIpc) is 2.58. The second-order valence-corrected chi connectivity index (χ2v) is 5.77. The summed E-state index contributed by atoms with van der Waals surface area (Å²) in [7, 11) is 1.62. The molecule has 2 rings (SSSR count). The molecule has 0 heterocycles. The van der Waals surface area contributed by atoms with E-state index < -0.39 is 0 Å². The van der Waals surface area contributed by atoms with E-state index in [0.717, 1.165) is 17.5 Å². The number of ether oxygens (including phenoxy) is 1. The summed E-state index contributed by atoms with van der Waals surface area (Å²) in [4.78, 5) is 12.5. The van der Waals surface area contributed by atoms with Gasteiger partial charge in [0.15, 0.2) is 0 Å². The molecule has 3 nitrogen and oxygen atoms in total. The minimum atomic E-state index is -0.263. The van der Waals surface area contributed by atoms with E-state index in [9.17, 15) is 4.79 Å². The maximum absolute atomic E-state index is 12.5. The van der Waals surface area contributed by atoms with E-state index in [1.807, 2.05) is 61.5 Å². The van der Waals surface area contributed by atoms with Crippen LogP contribution in [0.1, 0.15) is 36.5 Å². The Morgan fingerprint density at radius 1 is 1.13 bits per heavy atom. The number of hydrogen-bond donors (Lipinski definition) is 1. The molecule has 0 aliphatic heterocycles. The van der Waals surface area contributed by atoms with E-state index >= 15 is 0 Å². The smallest absolute Gasteiger partial charge is 0.227 e. The van der Waals surface area contributed by atoms with Crippen LogP contribution in [-0.2, 0) is 9.53 Å².